The van der Waals surface area contributed by atoms with Gasteiger partial charge in [0.05, 0.1) is 26.4 Å². The summed E-state index contributed by atoms with van der Waals surface area (Å²) in [6, 6.07) is 19.1. The van der Waals surface area contributed by atoms with Crippen LogP contribution in [0.15, 0.2) is 58.3 Å². The largest absolute Gasteiger partial charge is 0.380 e. The zero-order valence-corrected chi connectivity index (χ0v) is 20.8. The predicted octanol–water partition coefficient (Wildman–Crippen LogP) is 5.72. The molecule has 2 aromatic carbocycles. The van der Waals surface area contributed by atoms with Gasteiger partial charge in [0, 0.05) is 23.0 Å². The number of hydrogen-bond donors (Lipinski definition) is 2. The van der Waals surface area contributed by atoms with Gasteiger partial charge in [-0.05, 0) is 31.7 Å². The maximum absolute atomic E-state index is 5.55. The molecule has 4 rings (SSSR count). The summed E-state index contributed by atoms with van der Waals surface area (Å²) in [5.74, 6) is 4.85. The Kier molecular flexibility index (Phi) is 6.88. The third-order valence-electron chi connectivity index (χ3n) is 7.49. The molecule has 0 atom stereocenters. The number of benzene rings is 2. The fourth-order valence-electron chi connectivity index (χ4n) is 4.54. The van der Waals surface area contributed by atoms with Gasteiger partial charge in [-0.2, -0.15) is 0 Å². The summed E-state index contributed by atoms with van der Waals surface area (Å²) in [5, 5.41) is 0. The molecular formula is C26H38O2S2. The van der Waals surface area contributed by atoms with Crippen molar-refractivity contribution in [3.05, 3.63) is 59.7 Å². The monoisotopic (exact) mass is 446 g/mol. The van der Waals surface area contributed by atoms with Crippen LogP contribution < -0.4 is 0 Å². The van der Waals surface area contributed by atoms with Crippen LogP contribution in [0.3, 0.4) is 0 Å². The van der Waals surface area contributed by atoms with E-state index in [9.17, 15) is 0 Å². The van der Waals surface area contributed by atoms with Gasteiger partial charge in [-0.25, -0.2) is 21.8 Å². The van der Waals surface area contributed by atoms with Crippen molar-refractivity contribution in [1.29, 1.82) is 0 Å². The average molecular weight is 447 g/mol. The smallest absolute Gasteiger partial charge is 0.0543 e. The number of thiol groups is 2. The minimum Gasteiger partial charge on any atom is -0.380 e. The molecule has 0 aromatic heterocycles. The molecule has 2 saturated heterocycles. The Bertz CT molecular complexity index is 744. The summed E-state index contributed by atoms with van der Waals surface area (Å²) in [4.78, 5) is 3.07. The summed E-state index contributed by atoms with van der Waals surface area (Å²) in [6.07, 6.45) is 0. The zero-order chi connectivity index (χ0) is 21.2. The van der Waals surface area contributed by atoms with E-state index in [-0.39, 0.29) is 32.6 Å². The zero-order valence-electron chi connectivity index (χ0n) is 19.0. The SMILES string of the molecule is CC(C)(c1ccc([SH]2CCOCC2)cc1)C(C)(C)c1ccc([SH]2CCOCC2)cc1. The van der Waals surface area contributed by atoms with E-state index in [0.717, 1.165) is 26.4 Å². The van der Waals surface area contributed by atoms with Gasteiger partial charge >= 0.3 is 0 Å². The molecule has 0 amide bonds. The Hall–Kier alpha value is -0.940. The molecular weight excluding hydrogens is 408 g/mol. The quantitative estimate of drug-likeness (QED) is 0.572. The van der Waals surface area contributed by atoms with Gasteiger partial charge in [0.2, 0.25) is 0 Å². The van der Waals surface area contributed by atoms with E-state index in [0.29, 0.717) is 0 Å². The second-order valence-electron chi connectivity index (χ2n) is 9.54. The van der Waals surface area contributed by atoms with Gasteiger partial charge in [-0.1, -0.05) is 76.2 Å². The topological polar surface area (TPSA) is 18.5 Å². The number of rotatable bonds is 5. The minimum atomic E-state index is -0.0294. The predicted molar refractivity (Wildman–Crippen MR) is 135 cm³/mol. The van der Waals surface area contributed by atoms with E-state index in [4.69, 9.17) is 9.47 Å². The Balaban J connectivity index is 1.52. The van der Waals surface area contributed by atoms with Crippen LogP contribution in [0, 0.1) is 0 Å². The molecule has 0 aliphatic carbocycles. The van der Waals surface area contributed by atoms with Gasteiger partial charge in [-0.15, -0.1) is 0 Å². The first-order valence-electron chi connectivity index (χ1n) is 11.3. The average Bonchev–Trinajstić information content (AvgIpc) is 2.80. The summed E-state index contributed by atoms with van der Waals surface area (Å²) in [6.45, 7) is 13.3. The Morgan fingerprint density at radius 3 is 1.13 bits per heavy atom. The molecule has 0 bridgehead atoms. The molecule has 166 valence electrons. The highest BCUT2D eigenvalue weighted by molar-refractivity contribution is 8.17. The normalized spacial score (nSPS) is 20.9. The van der Waals surface area contributed by atoms with Gasteiger partial charge in [0.25, 0.3) is 0 Å². The third kappa shape index (κ3) is 4.48. The van der Waals surface area contributed by atoms with Crippen LogP contribution in [0.4, 0.5) is 0 Å². The van der Waals surface area contributed by atoms with Crippen molar-refractivity contribution in [1.82, 2.24) is 0 Å². The highest BCUT2D eigenvalue weighted by Crippen LogP contribution is 2.46. The second-order valence-corrected chi connectivity index (χ2v) is 14.5. The standard InChI is InChI=1S/C26H38O2S2/c1-25(2,21-5-9-23(10-6-21)29-17-13-27-14-18-29)26(3,4)22-7-11-24(12-8-22)30-19-15-28-16-20-30/h5-12,29-30H,13-20H2,1-4H3. The molecule has 2 nitrogen and oxygen atoms in total. The van der Waals surface area contributed by atoms with Crippen LogP contribution in [-0.4, -0.2) is 49.4 Å². The lowest BCUT2D eigenvalue weighted by Gasteiger charge is -2.43. The molecule has 0 radical (unpaired) electrons. The lowest BCUT2D eigenvalue weighted by atomic mass is 9.61. The van der Waals surface area contributed by atoms with E-state index in [1.807, 2.05) is 0 Å². The van der Waals surface area contributed by atoms with Gasteiger partial charge < -0.3 is 9.47 Å². The lowest BCUT2D eigenvalue weighted by molar-refractivity contribution is 0.160. The fourth-order valence-corrected chi connectivity index (χ4v) is 8.56. The highest BCUT2D eigenvalue weighted by atomic mass is 32.2. The Morgan fingerprint density at radius 1 is 0.533 bits per heavy atom. The lowest BCUT2D eigenvalue weighted by Crippen LogP contribution is -2.40. The van der Waals surface area contributed by atoms with Crippen molar-refractivity contribution in [2.24, 2.45) is 0 Å². The van der Waals surface area contributed by atoms with Crippen LogP contribution in [0.2, 0.25) is 0 Å². The Labute approximate surface area is 188 Å². The number of hydrogen-bond acceptors (Lipinski definition) is 2. The summed E-state index contributed by atoms with van der Waals surface area (Å²) in [5.41, 5.74) is 2.94. The van der Waals surface area contributed by atoms with E-state index >= 15 is 0 Å². The van der Waals surface area contributed by atoms with Crippen molar-refractivity contribution >= 4 is 21.8 Å². The maximum atomic E-state index is 5.55. The molecule has 2 fully saturated rings. The second kappa shape index (κ2) is 9.28. The van der Waals surface area contributed by atoms with Gasteiger partial charge in [0.1, 0.15) is 0 Å². The molecule has 0 spiro atoms. The van der Waals surface area contributed by atoms with Gasteiger partial charge in [-0.3, -0.25) is 0 Å². The summed E-state index contributed by atoms with van der Waals surface area (Å²) in [7, 11) is -0.0588. The first-order valence-corrected chi connectivity index (χ1v) is 14.7. The molecule has 2 aliphatic heterocycles. The number of ether oxygens (including phenoxy) is 2. The van der Waals surface area contributed by atoms with Crippen molar-refractivity contribution in [3.8, 4) is 0 Å². The highest BCUT2D eigenvalue weighted by Gasteiger charge is 2.39. The first-order chi connectivity index (χ1) is 14.4. The van der Waals surface area contributed by atoms with Crippen LogP contribution in [0.1, 0.15) is 38.8 Å². The van der Waals surface area contributed by atoms with Crippen LogP contribution in [0.25, 0.3) is 0 Å². The molecule has 0 N–H and O–H groups in total. The summed E-state index contributed by atoms with van der Waals surface area (Å²) < 4.78 is 11.1. The van der Waals surface area contributed by atoms with Crippen molar-refractivity contribution in [3.63, 3.8) is 0 Å². The first kappa shape index (κ1) is 22.3. The maximum Gasteiger partial charge on any atom is 0.0543 e. The van der Waals surface area contributed by atoms with E-state index in [1.54, 1.807) is 0 Å². The molecule has 2 heterocycles. The van der Waals surface area contributed by atoms with E-state index in [1.165, 1.54) is 43.9 Å². The van der Waals surface area contributed by atoms with Gasteiger partial charge in [0.15, 0.2) is 0 Å². The van der Waals surface area contributed by atoms with Crippen LogP contribution >= 0.6 is 21.8 Å². The Morgan fingerprint density at radius 2 is 0.833 bits per heavy atom. The minimum absolute atomic E-state index is 0.0294. The van der Waals surface area contributed by atoms with Crippen molar-refractivity contribution < 1.29 is 9.47 Å². The molecule has 30 heavy (non-hydrogen) atoms. The molecule has 4 heteroatoms. The van der Waals surface area contributed by atoms with E-state index < -0.39 is 0 Å². The van der Waals surface area contributed by atoms with Crippen LogP contribution in [-0.2, 0) is 20.3 Å². The third-order valence-corrected chi connectivity index (χ3v) is 12.4. The van der Waals surface area contributed by atoms with Crippen LogP contribution in [0.5, 0.6) is 0 Å². The molecule has 0 saturated carbocycles. The van der Waals surface area contributed by atoms with Crippen molar-refractivity contribution in [2.45, 2.75) is 48.3 Å². The van der Waals surface area contributed by atoms with Crippen molar-refractivity contribution in [2.75, 3.05) is 49.4 Å². The molecule has 2 aliphatic rings. The summed E-state index contributed by atoms with van der Waals surface area (Å²) >= 11 is 0. The molecule has 2 aromatic rings. The molecule has 0 unspecified atom stereocenters. The van der Waals surface area contributed by atoms with E-state index in [2.05, 4.69) is 76.2 Å². The fraction of sp³-hybridized carbons (Fsp3) is 0.538.